The van der Waals surface area contributed by atoms with E-state index < -0.39 is 0 Å². The average Bonchev–Trinajstić information content (AvgIpc) is 2.36. The van der Waals surface area contributed by atoms with Crippen LogP contribution in [-0.2, 0) is 5.88 Å². The first-order chi connectivity index (χ1) is 9.01. The normalized spacial score (nSPS) is 10.6. The Morgan fingerprint density at radius 3 is 2.21 bits per heavy atom. The van der Waals surface area contributed by atoms with E-state index in [1.807, 2.05) is 25.2 Å². The summed E-state index contributed by atoms with van der Waals surface area (Å²) < 4.78 is 0. The minimum atomic E-state index is 0.449. The summed E-state index contributed by atoms with van der Waals surface area (Å²) in [4.78, 5) is 2.15. The number of aryl methyl sites for hydroxylation is 2. The molecule has 0 atom stereocenters. The van der Waals surface area contributed by atoms with Gasteiger partial charge in [-0.1, -0.05) is 17.7 Å². The first-order valence-electron chi connectivity index (χ1n) is 6.17. The molecule has 0 saturated carbocycles. The Kier molecular flexibility index (Phi) is 4.38. The van der Waals surface area contributed by atoms with Gasteiger partial charge >= 0.3 is 0 Å². The number of halogens is 2. The maximum absolute atomic E-state index is 6.02. The fourth-order valence-electron chi connectivity index (χ4n) is 2.27. The molecular weight excluding hydrogens is 277 g/mol. The van der Waals surface area contributed by atoms with E-state index in [0.717, 1.165) is 16.9 Å². The van der Waals surface area contributed by atoms with Crippen molar-refractivity contribution in [2.24, 2.45) is 0 Å². The molecule has 2 aromatic carbocycles. The zero-order chi connectivity index (χ0) is 14.0. The lowest BCUT2D eigenvalue weighted by molar-refractivity contribution is 1.16. The number of hydrogen-bond acceptors (Lipinski definition) is 1. The van der Waals surface area contributed by atoms with Gasteiger partial charge in [0.25, 0.3) is 0 Å². The van der Waals surface area contributed by atoms with Crippen LogP contribution < -0.4 is 4.90 Å². The highest BCUT2D eigenvalue weighted by Crippen LogP contribution is 2.31. The highest BCUT2D eigenvalue weighted by atomic mass is 35.5. The number of alkyl halides is 1. The number of benzene rings is 2. The third-order valence-corrected chi connectivity index (χ3v) is 3.66. The van der Waals surface area contributed by atoms with Crippen molar-refractivity contribution in [1.29, 1.82) is 0 Å². The van der Waals surface area contributed by atoms with Crippen LogP contribution in [0.1, 0.15) is 16.7 Å². The van der Waals surface area contributed by atoms with Crippen molar-refractivity contribution in [3.8, 4) is 0 Å². The number of rotatable bonds is 3. The Morgan fingerprint density at radius 1 is 1.00 bits per heavy atom. The second-order valence-corrected chi connectivity index (χ2v) is 5.52. The minimum Gasteiger partial charge on any atom is -0.344 e. The minimum absolute atomic E-state index is 0.449. The molecule has 3 heteroatoms. The molecule has 0 N–H and O–H groups in total. The van der Waals surface area contributed by atoms with E-state index in [9.17, 15) is 0 Å². The molecule has 0 aliphatic heterocycles. The number of hydrogen-bond donors (Lipinski definition) is 0. The van der Waals surface area contributed by atoms with Crippen molar-refractivity contribution in [2.45, 2.75) is 19.7 Å². The molecule has 0 amide bonds. The average molecular weight is 294 g/mol. The van der Waals surface area contributed by atoms with Gasteiger partial charge in [-0.05, 0) is 60.9 Å². The second-order valence-electron chi connectivity index (χ2n) is 4.81. The van der Waals surface area contributed by atoms with Crippen LogP contribution >= 0.6 is 23.2 Å². The van der Waals surface area contributed by atoms with E-state index in [4.69, 9.17) is 23.2 Å². The molecule has 2 rings (SSSR count). The number of nitrogens with zero attached hydrogens (tertiary/aromatic N) is 1. The molecule has 0 fully saturated rings. The van der Waals surface area contributed by atoms with Gasteiger partial charge in [0.15, 0.2) is 0 Å². The fraction of sp³-hybridized carbons (Fsp3) is 0.250. The van der Waals surface area contributed by atoms with E-state index in [1.165, 1.54) is 11.1 Å². The van der Waals surface area contributed by atoms with Crippen molar-refractivity contribution < 1.29 is 0 Å². The van der Waals surface area contributed by atoms with Gasteiger partial charge in [-0.15, -0.1) is 11.6 Å². The van der Waals surface area contributed by atoms with Crippen molar-refractivity contribution in [2.75, 3.05) is 11.9 Å². The maximum atomic E-state index is 6.02. The lowest BCUT2D eigenvalue weighted by Crippen LogP contribution is -2.11. The van der Waals surface area contributed by atoms with E-state index in [0.29, 0.717) is 10.9 Å². The molecule has 2 aromatic rings. The van der Waals surface area contributed by atoms with Crippen molar-refractivity contribution in [1.82, 2.24) is 0 Å². The van der Waals surface area contributed by atoms with Crippen LogP contribution in [0.15, 0.2) is 36.4 Å². The van der Waals surface area contributed by atoms with Crippen molar-refractivity contribution in [3.05, 3.63) is 58.1 Å². The second kappa shape index (κ2) is 5.85. The molecule has 0 aliphatic rings. The maximum Gasteiger partial charge on any atom is 0.0495 e. The van der Waals surface area contributed by atoms with Gasteiger partial charge in [-0.25, -0.2) is 0 Å². The van der Waals surface area contributed by atoms with Crippen LogP contribution in [0.25, 0.3) is 0 Å². The highest BCUT2D eigenvalue weighted by molar-refractivity contribution is 6.30. The molecule has 19 heavy (non-hydrogen) atoms. The van der Waals surface area contributed by atoms with Crippen LogP contribution in [0.4, 0.5) is 11.4 Å². The molecule has 0 bridgehead atoms. The summed E-state index contributed by atoms with van der Waals surface area (Å²) in [5.74, 6) is 0.449. The smallest absolute Gasteiger partial charge is 0.0495 e. The lowest BCUT2D eigenvalue weighted by atomic mass is 10.1. The summed E-state index contributed by atoms with van der Waals surface area (Å²) in [5.41, 5.74) is 5.79. The summed E-state index contributed by atoms with van der Waals surface area (Å²) in [6, 6.07) is 12.3. The molecule has 0 unspecified atom stereocenters. The van der Waals surface area contributed by atoms with E-state index in [2.05, 4.69) is 36.9 Å². The molecule has 0 radical (unpaired) electrons. The summed E-state index contributed by atoms with van der Waals surface area (Å²) in [6.45, 7) is 4.21. The van der Waals surface area contributed by atoms with Crippen molar-refractivity contribution >= 4 is 34.6 Å². The van der Waals surface area contributed by atoms with Gasteiger partial charge in [-0.3, -0.25) is 0 Å². The predicted octanol–water partition coefficient (Wildman–Crippen LogP) is 5.46. The Balaban J connectivity index is 2.46. The molecule has 0 aromatic heterocycles. The van der Waals surface area contributed by atoms with Crippen LogP contribution in [0.2, 0.25) is 5.02 Å². The first-order valence-corrected chi connectivity index (χ1v) is 7.09. The van der Waals surface area contributed by atoms with E-state index >= 15 is 0 Å². The zero-order valence-corrected chi connectivity index (χ0v) is 12.9. The van der Waals surface area contributed by atoms with Gasteiger partial charge in [0.2, 0.25) is 0 Å². The van der Waals surface area contributed by atoms with Crippen LogP contribution in [0, 0.1) is 13.8 Å². The quantitative estimate of drug-likeness (QED) is 0.679. The molecule has 0 saturated heterocycles. The van der Waals surface area contributed by atoms with E-state index in [-0.39, 0.29) is 0 Å². The molecule has 0 spiro atoms. The van der Waals surface area contributed by atoms with Crippen LogP contribution in [0.5, 0.6) is 0 Å². The summed E-state index contributed by atoms with van der Waals surface area (Å²) >= 11 is 12.0. The summed E-state index contributed by atoms with van der Waals surface area (Å²) in [7, 11) is 2.05. The summed E-state index contributed by atoms with van der Waals surface area (Å²) in [5, 5.41) is 0.716. The summed E-state index contributed by atoms with van der Waals surface area (Å²) in [6.07, 6.45) is 0. The van der Waals surface area contributed by atoms with Gasteiger partial charge in [0, 0.05) is 29.3 Å². The van der Waals surface area contributed by atoms with Gasteiger partial charge < -0.3 is 4.90 Å². The van der Waals surface area contributed by atoms with Crippen LogP contribution in [0.3, 0.4) is 0 Å². The van der Waals surface area contributed by atoms with Gasteiger partial charge in [0.1, 0.15) is 0 Å². The standard InChI is InChI=1S/C16H17Cl2N/c1-11-6-12(2)8-15(7-11)19(3)16-5-4-14(18)9-13(16)10-17/h4-9H,10H2,1-3H3. The first kappa shape index (κ1) is 14.2. The Bertz CT molecular complexity index is 573. The predicted molar refractivity (Wildman–Crippen MR) is 85.0 cm³/mol. The largest absolute Gasteiger partial charge is 0.344 e. The Labute approximate surface area is 124 Å². The highest BCUT2D eigenvalue weighted by Gasteiger charge is 2.10. The Hall–Kier alpha value is -1.18. The molecule has 0 heterocycles. The third kappa shape index (κ3) is 3.23. The number of anilines is 2. The monoisotopic (exact) mass is 293 g/mol. The lowest BCUT2D eigenvalue weighted by Gasteiger charge is -2.23. The Morgan fingerprint density at radius 2 is 1.63 bits per heavy atom. The van der Waals surface area contributed by atoms with Crippen LogP contribution in [-0.4, -0.2) is 7.05 Å². The SMILES string of the molecule is Cc1cc(C)cc(N(C)c2ccc(Cl)cc2CCl)c1. The van der Waals surface area contributed by atoms with E-state index in [1.54, 1.807) is 0 Å². The topological polar surface area (TPSA) is 3.24 Å². The molecular formula is C16H17Cl2N. The van der Waals surface area contributed by atoms with Gasteiger partial charge in [0.05, 0.1) is 0 Å². The molecule has 100 valence electrons. The van der Waals surface area contributed by atoms with Crippen molar-refractivity contribution in [3.63, 3.8) is 0 Å². The third-order valence-electron chi connectivity index (χ3n) is 3.14. The zero-order valence-electron chi connectivity index (χ0n) is 11.4. The molecule has 1 nitrogen and oxygen atoms in total. The fourth-order valence-corrected chi connectivity index (χ4v) is 2.68. The van der Waals surface area contributed by atoms with Gasteiger partial charge in [-0.2, -0.15) is 0 Å². The molecule has 0 aliphatic carbocycles.